The number of ether oxygens (including phenoxy) is 3. The molecule has 0 radical (unpaired) electrons. The van der Waals surface area contributed by atoms with E-state index in [1.807, 2.05) is 0 Å². The molecule has 0 unspecified atom stereocenters. The van der Waals surface area contributed by atoms with Crippen LogP contribution < -0.4 is 0 Å². The second kappa shape index (κ2) is 17.7. The van der Waals surface area contributed by atoms with Crippen LogP contribution in [0.15, 0.2) is 0 Å². The lowest BCUT2D eigenvalue weighted by Crippen LogP contribution is -2.69. The van der Waals surface area contributed by atoms with E-state index in [4.69, 9.17) is 45.2 Å². The first-order chi connectivity index (χ1) is 22.5. The highest BCUT2D eigenvalue weighted by atomic mass is 28.4. The van der Waals surface area contributed by atoms with E-state index < -0.39 is 120 Å². The summed E-state index contributed by atoms with van der Waals surface area (Å²) < 4.78 is 68.5. The molecule has 2 aliphatic heterocycles. The van der Waals surface area contributed by atoms with E-state index >= 15 is 0 Å². The van der Waals surface area contributed by atoms with Crippen molar-refractivity contribution >= 4 is 58.2 Å². The van der Waals surface area contributed by atoms with Crippen LogP contribution in [0.5, 0.6) is 0 Å². The lowest BCUT2D eigenvalue weighted by molar-refractivity contribution is -0.346. The van der Waals surface area contributed by atoms with Gasteiger partial charge in [-0.05, 0) is 137 Å². The van der Waals surface area contributed by atoms with Gasteiger partial charge in [-0.25, -0.2) is 0 Å². The maximum absolute atomic E-state index is 11.5. The zero-order chi connectivity index (χ0) is 39.8. The van der Waals surface area contributed by atoms with Gasteiger partial charge >= 0.3 is 0 Å². The Labute approximate surface area is 319 Å². The smallest absolute Gasteiger partial charge is 0.186 e. The van der Waals surface area contributed by atoms with Gasteiger partial charge in [0.1, 0.15) is 48.8 Å². The Bertz CT molecular complexity index is 1070. The van der Waals surface area contributed by atoms with Gasteiger partial charge in [-0.15, -0.1) is 0 Å². The van der Waals surface area contributed by atoms with Gasteiger partial charge in [0.15, 0.2) is 70.8 Å². The largest absolute Gasteiger partial charge is 0.415 e. The minimum atomic E-state index is -2.23. The third-order valence-electron chi connectivity index (χ3n) is 7.30. The van der Waals surface area contributed by atoms with Crippen molar-refractivity contribution in [1.82, 2.24) is 0 Å². The van der Waals surface area contributed by atoms with Gasteiger partial charge in [0.25, 0.3) is 0 Å². The molecule has 0 saturated carbocycles. The average Bonchev–Trinajstić information content (AvgIpc) is 2.84. The van der Waals surface area contributed by atoms with Crippen LogP contribution in [0.1, 0.15) is 0 Å². The second-order valence-corrected chi connectivity index (χ2v) is 52.4. The zero-order valence-electron chi connectivity index (χ0n) is 36.2. The lowest BCUT2D eigenvalue weighted by atomic mass is 9.97. The SMILES string of the molecule is C[Si](C)(C)OC[C@H]1O[C@H](O)[C@H](O[Si](C)(C)C)[C@@H](O[Si](C)(C)C)[C@@H]1O[C@H]1O[C@H](CO[Si](C)(C)C)[C@@H](O[Si](C)(C)C)[C@H](O[Si](C)(C)C)[C@H]1O[Si](C)(C)C. The minimum absolute atomic E-state index is 0.229. The van der Waals surface area contributed by atoms with Crippen molar-refractivity contribution in [3.63, 3.8) is 0 Å². The molecule has 0 amide bonds. The summed E-state index contributed by atoms with van der Waals surface area (Å²) >= 11 is 0. The predicted molar refractivity (Wildman–Crippen MR) is 224 cm³/mol. The van der Waals surface area contributed by atoms with Crippen molar-refractivity contribution in [3.05, 3.63) is 0 Å². The van der Waals surface area contributed by atoms with E-state index in [1.54, 1.807) is 0 Å². The fourth-order valence-corrected chi connectivity index (χ4v) is 12.6. The van der Waals surface area contributed by atoms with Crippen LogP contribution in [0.4, 0.5) is 0 Å². The second-order valence-electron chi connectivity index (χ2n) is 21.0. The Kier molecular flexibility index (Phi) is 16.7. The number of aliphatic hydroxyl groups excluding tert-OH is 1. The minimum Gasteiger partial charge on any atom is -0.415 e. The fraction of sp³-hybridized carbons (Fsp3) is 1.00. The van der Waals surface area contributed by atoms with Crippen LogP contribution in [0, 0.1) is 0 Å². The first-order valence-electron chi connectivity index (χ1n) is 18.8. The molecular formula is C33H78O11Si7. The van der Waals surface area contributed by atoms with Crippen molar-refractivity contribution < 1.29 is 50.3 Å². The van der Waals surface area contributed by atoms with E-state index in [9.17, 15) is 5.11 Å². The standard InChI is InChI=1S/C33H78O11Si7/c1-45(2,3)35-22-24-26(28(41-48(10,11)12)30(32(34)37-24)43-50(16,17)18)39-33-31(44-51(19,20)21)29(42-49(13,14)15)27(40-47(7,8)9)25(38-33)23-36-46(4,5)6/h24-34H,22-23H2,1-21H3/t24-,25-,26-,27-,28+,29+,30-,31-,32+,33-/m1/s1. The molecule has 0 spiro atoms. The Morgan fingerprint density at radius 1 is 0.373 bits per heavy atom. The molecule has 2 saturated heterocycles. The molecule has 304 valence electrons. The molecule has 11 nitrogen and oxygen atoms in total. The van der Waals surface area contributed by atoms with Gasteiger partial charge < -0.3 is 50.3 Å². The third-order valence-corrected chi connectivity index (χ3v) is 14.3. The molecule has 2 fully saturated rings. The number of hydrogen-bond donors (Lipinski definition) is 1. The van der Waals surface area contributed by atoms with Crippen molar-refractivity contribution in [1.29, 1.82) is 0 Å². The molecule has 0 bridgehead atoms. The molecule has 0 aromatic heterocycles. The van der Waals surface area contributed by atoms with Crippen LogP contribution in [0.25, 0.3) is 0 Å². The van der Waals surface area contributed by atoms with Crippen LogP contribution in [0.2, 0.25) is 137 Å². The summed E-state index contributed by atoms with van der Waals surface area (Å²) in [5, 5.41) is 11.5. The van der Waals surface area contributed by atoms with Crippen molar-refractivity contribution in [2.45, 2.75) is 199 Å². The first kappa shape index (κ1) is 48.2. The monoisotopic (exact) mass is 846 g/mol. The Balaban J connectivity index is 2.83. The maximum atomic E-state index is 11.5. The summed E-state index contributed by atoms with van der Waals surface area (Å²) in [6, 6.07) is 0. The summed E-state index contributed by atoms with van der Waals surface area (Å²) in [5.74, 6) is 0. The van der Waals surface area contributed by atoms with Crippen LogP contribution in [0.3, 0.4) is 0 Å². The average molecular weight is 848 g/mol. The Hall–Kier alpha value is 1.08. The van der Waals surface area contributed by atoms with Gasteiger partial charge in [0.05, 0.1) is 13.2 Å². The maximum Gasteiger partial charge on any atom is 0.186 e. The molecule has 51 heavy (non-hydrogen) atoms. The summed E-state index contributed by atoms with van der Waals surface area (Å²) in [4.78, 5) is 0. The predicted octanol–water partition coefficient (Wildman–Crippen LogP) is 7.62. The quantitative estimate of drug-likeness (QED) is 0.138. The summed E-state index contributed by atoms with van der Waals surface area (Å²) in [7, 11) is -14.9. The molecule has 0 aliphatic carbocycles. The highest BCUT2D eigenvalue weighted by molar-refractivity contribution is 6.72. The molecule has 10 atom stereocenters. The number of aliphatic hydroxyl groups is 1. The van der Waals surface area contributed by atoms with Gasteiger partial charge in [0.2, 0.25) is 0 Å². The lowest BCUT2D eigenvalue weighted by Gasteiger charge is -2.53. The van der Waals surface area contributed by atoms with Gasteiger partial charge in [-0.3, -0.25) is 0 Å². The first-order valence-corrected chi connectivity index (χ1v) is 42.7. The highest BCUT2D eigenvalue weighted by Gasteiger charge is 2.56. The van der Waals surface area contributed by atoms with Crippen molar-refractivity contribution in [2.24, 2.45) is 0 Å². The van der Waals surface area contributed by atoms with Crippen LogP contribution in [-0.2, 0) is 45.2 Å². The van der Waals surface area contributed by atoms with Gasteiger partial charge in [-0.2, -0.15) is 0 Å². The van der Waals surface area contributed by atoms with E-state index in [0.717, 1.165) is 0 Å². The number of rotatable bonds is 18. The number of hydrogen-bond acceptors (Lipinski definition) is 11. The molecule has 0 aromatic carbocycles. The molecule has 2 rings (SSSR count). The van der Waals surface area contributed by atoms with E-state index in [0.29, 0.717) is 6.61 Å². The fourth-order valence-electron chi connectivity index (χ4n) is 5.84. The Morgan fingerprint density at radius 3 is 1.06 bits per heavy atom. The Morgan fingerprint density at radius 2 is 0.686 bits per heavy atom. The molecule has 0 aromatic rings. The van der Waals surface area contributed by atoms with Crippen molar-refractivity contribution in [3.8, 4) is 0 Å². The van der Waals surface area contributed by atoms with E-state index in [-0.39, 0.29) is 6.61 Å². The van der Waals surface area contributed by atoms with Crippen molar-refractivity contribution in [2.75, 3.05) is 13.2 Å². The van der Waals surface area contributed by atoms with E-state index in [2.05, 4.69) is 137 Å². The normalized spacial score (nSPS) is 32.4. The summed E-state index contributed by atoms with van der Waals surface area (Å²) in [5.41, 5.74) is 0. The summed E-state index contributed by atoms with van der Waals surface area (Å²) in [6.45, 7) is 45.9. The van der Waals surface area contributed by atoms with E-state index in [1.165, 1.54) is 0 Å². The zero-order valence-corrected chi connectivity index (χ0v) is 43.2. The topological polar surface area (TPSA) is 113 Å². The highest BCUT2D eigenvalue weighted by Crippen LogP contribution is 2.38. The molecule has 1 N–H and O–H groups in total. The molecule has 2 aliphatic rings. The van der Waals surface area contributed by atoms with Crippen LogP contribution >= 0.6 is 0 Å². The molecule has 18 heteroatoms. The van der Waals surface area contributed by atoms with Gasteiger partial charge in [0, 0.05) is 0 Å². The van der Waals surface area contributed by atoms with Crippen LogP contribution in [-0.4, -0.2) is 138 Å². The van der Waals surface area contributed by atoms with Gasteiger partial charge in [-0.1, -0.05) is 0 Å². The third kappa shape index (κ3) is 18.3. The molecular weight excluding hydrogens is 769 g/mol. The molecule has 2 heterocycles. The summed E-state index contributed by atoms with van der Waals surface area (Å²) in [6.07, 6.45) is -6.86.